The largest absolute Gasteiger partial charge is 0.388 e. The Morgan fingerprint density at radius 2 is 1.81 bits per heavy atom. The second-order valence-electron chi connectivity index (χ2n) is 4.57. The van der Waals surface area contributed by atoms with Crippen LogP contribution in [0.2, 0.25) is 0 Å². The molecule has 2 rings (SSSR count). The van der Waals surface area contributed by atoms with E-state index < -0.39 is 23.0 Å². The van der Waals surface area contributed by atoms with Crippen molar-refractivity contribution in [3.63, 3.8) is 0 Å². The topological polar surface area (TPSA) is 63.4 Å². The van der Waals surface area contributed by atoms with Gasteiger partial charge in [0.15, 0.2) is 0 Å². The molecule has 110 valence electrons. The lowest BCUT2D eigenvalue weighted by Gasteiger charge is -2.14. The maximum absolute atomic E-state index is 13.0. The number of aliphatic hydroxyl groups is 1. The number of rotatable bonds is 5. The zero-order valence-electron chi connectivity index (χ0n) is 10.9. The highest BCUT2D eigenvalue weighted by Crippen LogP contribution is 2.30. The molecule has 0 saturated heterocycles. The van der Waals surface area contributed by atoms with E-state index in [0.717, 1.165) is 6.07 Å². The van der Waals surface area contributed by atoms with Crippen molar-refractivity contribution in [1.82, 2.24) is 0 Å². The Balaban J connectivity index is 2.29. The van der Waals surface area contributed by atoms with Crippen LogP contribution in [0.15, 0.2) is 48.5 Å². The lowest BCUT2D eigenvalue weighted by atomic mass is 9.97. The molecule has 0 amide bonds. The minimum absolute atomic E-state index is 0.0261. The van der Waals surface area contributed by atoms with E-state index in [2.05, 4.69) is 0 Å². The van der Waals surface area contributed by atoms with Crippen LogP contribution in [-0.2, 0) is 6.42 Å². The number of nitro benzene ring substituents is 1. The highest BCUT2D eigenvalue weighted by atomic mass is 19.3. The smallest absolute Gasteiger partial charge is 0.269 e. The van der Waals surface area contributed by atoms with Crippen LogP contribution >= 0.6 is 0 Å². The molecule has 1 unspecified atom stereocenters. The van der Waals surface area contributed by atoms with Crippen molar-refractivity contribution in [2.75, 3.05) is 0 Å². The third-order valence-electron chi connectivity index (χ3n) is 3.17. The van der Waals surface area contributed by atoms with E-state index in [9.17, 15) is 24.0 Å². The summed E-state index contributed by atoms with van der Waals surface area (Å²) in [6.45, 7) is 0. The van der Waals surface area contributed by atoms with Gasteiger partial charge >= 0.3 is 0 Å². The summed E-state index contributed by atoms with van der Waals surface area (Å²) >= 11 is 0. The lowest BCUT2D eigenvalue weighted by molar-refractivity contribution is -0.385. The van der Waals surface area contributed by atoms with E-state index in [1.165, 1.54) is 12.1 Å². The fourth-order valence-corrected chi connectivity index (χ4v) is 2.09. The molecule has 21 heavy (non-hydrogen) atoms. The lowest BCUT2D eigenvalue weighted by Crippen LogP contribution is -2.05. The standard InChI is InChI=1S/C15H13F2NO3/c16-15(17)13-9-12(18(20)21)7-6-11(13)8-14(19)10-4-2-1-3-5-10/h1-7,9,14-15,19H,8H2. The highest BCUT2D eigenvalue weighted by Gasteiger charge is 2.20. The number of hydrogen-bond donors (Lipinski definition) is 1. The predicted molar refractivity (Wildman–Crippen MR) is 73.2 cm³/mol. The SMILES string of the molecule is O=[N+]([O-])c1ccc(CC(O)c2ccccc2)c(C(F)F)c1. The molecule has 0 fully saturated rings. The molecule has 0 saturated carbocycles. The van der Waals surface area contributed by atoms with Crippen molar-refractivity contribution in [2.24, 2.45) is 0 Å². The Morgan fingerprint density at radius 1 is 1.14 bits per heavy atom. The number of aliphatic hydroxyl groups excluding tert-OH is 1. The Kier molecular flexibility index (Phi) is 4.59. The molecule has 4 nitrogen and oxygen atoms in total. The minimum atomic E-state index is -2.83. The third kappa shape index (κ3) is 3.61. The first kappa shape index (κ1) is 15.1. The molecule has 0 aliphatic rings. The zero-order chi connectivity index (χ0) is 15.4. The minimum Gasteiger partial charge on any atom is -0.388 e. The van der Waals surface area contributed by atoms with Gasteiger partial charge in [0.2, 0.25) is 0 Å². The summed E-state index contributed by atoms with van der Waals surface area (Å²) in [4.78, 5) is 9.92. The first-order valence-electron chi connectivity index (χ1n) is 6.27. The molecule has 0 aliphatic carbocycles. The van der Waals surface area contributed by atoms with E-state index in [4.69, 9.17) is 0 Å². The molecule has 0 aromatic heterocycles. The molecule has 0 radical (unpaired) electrons. The van der Waals surface area contributed by atoms with Gasteiger partial charge in [-0.15, -0.1) is 0 Å². The third-order valence-corrected chi connectivity index (χ3v) is 3.17. The summed E-state index contributed by atoms with van der Waals surface area (Å²) in [7, 11) is 0. The van der Waals surface area contributed by atoms with Crippen LogP contribution < -0.4 is 0 Å². The fraction of sp³-hybridized carbons (Fsp3) is 0.200. The summed E-state index contributed by atoms with van der Waals surface area (Å²) < 4.78 is 26.0. The van der Waals surface area contributed by atoms with Crippen molar-refractivity contribution in [2.45, 2.75) is 19.0 Å². The number of nitro groups is 1. The molecule has 0 bridgehead atoms. The number of benzene rings is 2. The monoisotopic (exact) mass is 293 g/mol. The van der Waals surface area contributed by atoms with Crippen LogP contribution in [0.5, 0.6) is 0 Å². The summed E-state index contributed by atoms with van der Waals surface area (Å²) in [6, 6.07) is 11.9. The fourth-order valence-electron chi connectivity index (χ4n) is 2.09. The molecule has 2 aromatic rings. The van der Waals surface area contributed by atoms with Crippen molar-refractivity contribution >= 4 is 5.69 Å². The summed E-state index contributed by atoms with van der Waals surface area (Å²) in [5.41, 5.74) is 0.00505. The van der Waals surface area contributed by atoms with Crippen LogP contribution in [0, 0.1) is 10.1 Å². The molecular formula is C15H13F2NO3. The van der Waals surface area contributed by atoms with Crippen LogP contribution in [0.25, 0.3) is 0 Å². The van der Waals surface area contributed by atoms with E-state index in [-0.39, 0.29) is 17.7 Å². The first-order valence-corrected chi connectivity index (χ1v) is 6.27. The average molecular weight is 293 g/mol. The van der Waals surface area contributed by atoms with Gasteiger partial charge in [-0.1, -0.05) is 36.4 Å². The molecule has 0 heterocycles. The number of nitrogens with zero attached hydrogens (tertiary/aromatic N) is 1. The van der Waals surface area contributed by atoms with Crippen LogP contribution in [-0.4, -0.2) is 10.0 Å². The van der Waals surface area contributed by atoms with E-state index >= 15 is 0 Å². The number of alkyl halides is 2. The van der Waals surface area contributed by atoms with Gasteiger partial charge in [-0.05, 0) is 11.1 Å². The number of non-ortho nitro benzene ring substituents is 1. The van der Waals surface area contributed by atoms with Crippen LogP contribution in [0.4, 0.5) is 14.5 Å². The van der Waals surface area contributed by atoms with Crippen LogP contribution in [0.1, 0.15) is 29.2 Å². The zero-order valence-corrected chi connectivity index (χ0v) is 10.9. The first-order chi connectivity index (χ1) is 9.99. The molecule has 2 aromatic carbocycles. The molecule has 1 N–H and O–H groups in total. The van der Waals surface area contributed by atoms with Gasteiger partial charge in [0.25, 0.3) is 12.1 Å². The van der Waals surface area contributed by atoms with Crippen molar-refractivity contribution < 1.29 is 18.8 Å². The van der Waals surface area contributed by atoms with E-state index in [0.29, 0.717) is 5.56 Å². The van der Waals surface area contributed by atoms with Gasteiger partial charge in [0.05, 0.1) is 11.0 Å². The van der Waals surface area contributed by atoms with Gasteiger partial charge in [-0.2, -0.15) is 0 Å². The molecule has 1 atom stereocenters. The number of halogens is 2. The van der Waals surface area contributed by atoms with Crippen molar-refractivity contribution in [3.8, 4) is 0 Å². The Hall–Kier alpha value is -2.34. The highest BCUT2D eigenvalue weighted by molar-refractivity contribution is 5.41. The van der Waals surface area contributed by atoms with Gasteiger partial charge in [0.1, 0.15) is 0 Å². The Morgan fingerprint density at radius 3 is 2.38 bits per heavy atom. The van der Waals surface area contributed by atoms with E-state index in [1.807, 2.05) is 0 Å². The summed E-state index contributed by atoms with van der Waals surface area (Å²) in [6.07, 6.45) is -3.80. The van der Waals surface area contributed by atoms with Gasteiger partial charge in [-0.3, -0.25) is 10.1 Å². The normalized spacial score (nSPS) is 12.4. The Labute approximate surface area is 119 Å². The predicted octanol–water partition coefficient (Wildman–Crippen LogP) is 3.81. The average Bonchev–Trinajstić information content (AvgIpc) is 2.48. The quantitative estimate of drug-likeness (QED) is 0.673. The maximum Gasteiger partial charge on any atom is 0.269 e. The molecule has 6 heteroatoms. The Bertz CT molecular complexity index is 632. The van der Waals surface area contributed by atoms with E-state index in [1.54, 1.807) is 30.3 Å². The number of hydrogen-bond acceptors (Lipinski definition) is 3. The molecular weight excluding hydrogens is 280 g/mol. The molecule has 0 spiro atoms. The van der Waals surface area contributed by atoms with Crippen molar-refractivity contribution in [1.29, 1.82) is 0 Å². The van der Waals surface area contributed by atoms with Gasteiger partial charge in [0, 0.05) is 24.1 Å². The molecule has 0 aliphatic heterocycles. The maximum atomic E-state index is 13.0. The summed E-state index contributed by atoms with van der Waals surface area (Å²) in [5.74, 6) is 0. The van der Waals surface area contributed by atoms with Gasteiger partial charge < -0.3 is 5.11 Å². The second-order valence-corrected chi connectivity index (χ2v) is 4.57. The summed E-state index contributed by atoms with van der Waals surface area (Å²) in [5, 5.41) is 20.7. The van der Waals surface area contributed by atoms with Crippen molar-refractivity contribution in [3.05, 3.63) is 75.3 Å². The van der Waals surface area contributed by atoms with Gasteiger partial charge in [-0.25, -0.2) is 8.78 Å². The second kappa shape index (κ2) is 6.41. The van der Waals surface area contributed by atoms with Crippen LogP contribution in [0.3, 0.4) is 0 Å².